The van der Waals surface area contributed by atoms with E-state index in [4.69, 9.17) is 9.47 Å². The number of benzene rings is 1. The van der Waals surface area contributed by atoms with Crippen LogP contribution in [0.25, 0.3) is 5.65 Å². The van der Waals surface area contributed by atoms with E-state index in [2.05, 4.69) is 40.9 Å². The molecule has 6 aliphatic rings. The highest BCUT2D eigenvalue weighted by molar-refractivity contribution is 6.25. The van der Waals surface area contributed by atoms with E-state index in [1.165, 1.54) is 10.7 Å². The molecule has 3 saturated heterocycles. The molecule has 7 heterocycles. The van der Waals surface area contributed by atoms with Crippen LogP contribution in [0.5, 0.6) is 0 Å². The summed E-state index contributed by atoms with van der Waals surface area (Å²) in [5.41, 5.74) is 1.20. The zero-order chi connectivity index (χ0) is 46.2. The summed E-state index contributed by atoms with van der Waals surface area (Å²) in [5.74, 6) is -1.04. The quantitative estimate of drug-likeness (QED) is 0.148. The van der Waals surface area contributed by atoms with Gasteiger partial charge < -0.3 is 29.9 Å². The first-order valence-electron chi connectivity index (χ1n) is 23.9. The number of nitrogens with zero attached hydrogens (tertiary/aromatic N) is 8. The van der Waals surface area contributed by atoms with E-state index >= 15 is 0 Å². The summed E-state index contributed by atoms with van der Waals surface area (Å²) in [5, 5.41) is 16.9. The average molecular weight is 926 g/mol. The number of carbonyl (C=O) groups is 5. The second-order valence-electron chi connectivity index (χ2n) is 18.9. The number of anilines is 3. The molecule has 2 saturated carbocycles. The lowest BCUT2D eigenvalue weighted by Gasteiger charge is -2.38. The van der Waals surface area contributed by atoms with E-state index in [-0.39, 0.29) is 53.5 Å². The van der Waals surface area contributed by atoms with Gasteiger partial charge in [0.2, 0.25) is 11.8 Å². The second kappa shape index (κ2) is 19.4. The Bertz CT molecular complexity index is 2500. The largest absolute Gasteiger partial charge is 0.384 e. The summed E-state index contributed by atoms with van der Waals surface area (Å²) in [7, 11) is 0. The highest BCUT2D eigenvalue weighted by atomic mass is 19.3. The molecule has 18 nitrogen and oxygen atoms in total. The molecule has 5 fully saturated rings. The number of ether oxygens (including phenoxy) is 2. The Balaban J connectivity index is 0.649. The zero-order valence-corrected chi connectivity index (χ0v) is 37.4. The summed E-state index contributed by atoms with van der Waals surface area (Å²) in [6.45, 7) is 6.13. The molecule has 1 aromatic carbocycles. The van der Waals surface area contributed by atoms with Gasteiger partial charge in [0.15, 0.2) is 11.3 Å². The van der Waals surface area contributed by atoms with E-state index in [9.17, 15) is 32.8 Å². The first-order chi connectivity index (χ1) is 32.6. The van der Waals surface area contributed by atoms with Gasteiger partial charge in [-0.3, -0.25) is 38.9 Å². The molecule has 0 spiro atoms. The standard InChI is InChI=1S/C47H57F2N11O7/c48-42(49)41-36(52-44(62)34-25-51-58-19-16-38(53-43(34)58)57-20-22-66-23-21-57)27-59(55-41)30-8-4-29(5-9-30)26-56-17-14-32(15-18-56)67-31-10-6-28(7-11-31)24-50-35-3-1-2-33-40(35)47(65)60(46(33)64)37-12-13-39(61)54-45(37)63/h1-3,16,19,25,27-32,37,42,50H,4-15,17-18,20-24,26H2,(H,52,62)(H,54,61,63)/t28-,29-,30-,31-,37?. The van der Waals surface area contributed by atoms with E-state index in [0.29, 0.717) is 61.8 Å². The first-order valence-corrected chi connectivity index (χ1v) is 23.9. The van der Waals surface area contributed by atoms with Gasteiger partial charge in [0.05, 0.1) is 54.5 Å². The van der Waals surface area contributed by atoms with Crippen molar-refractivity contribution in [1.82, 2.24) is 39.5 Å². The maximum Gasteiger partial charge on any atom is 0.284 e. The fourth-order valence-electron chi connectivity index (χ4n) is 10.9. The van der Waals surface area contributed by atoms with Crippen molar-refractivity contribution >= 4 is 52.4 Å². The number of likely N-dealkylation sites (tertiary alicyclic amines) is 1. The van der Waals surface area contributed by atoms with Crippen molar-refractivity contribution in [2.45, 2.75) is 108 Å². The van der Waals surface area contributed by atoms with Crippen LogP contribution in [0.3, 0.4) is 0 Å². The van der Waals surface area contributed by atoms with Crippen LogP contribution in [-0.4, -0.2) is 134 Å². The Morgan fingerprint density at radius 2 is 1.61 bits per heavy atom. The number of hydrogen-bond donors (Lipinski definition) is 3. The SMILES string of the molecule is O=C1CCC(N2C(=O)c3cccc(NC[C@H]4CC[C@H](OC5CCN(C[C@H]6CC[C@H](n7cc(NC(=O)c8cnn9ccc(N%10CCOCC%10)nc89)c(C(F)F)n7)CC6)CC5)CC4)c3C2=O)C(=O)N1. The van der Waals surface area contributed by atoms with Crippen LogP contribution in [0.4, 0.5) is 26.0 Å². The van der Waals surface area contributed by atoms with Crippen LogP contribution in [0.1, 0.15) is 126 Å². The van der Waals surface area contributed by atoms with Crippen LogP contribution >= 0.6 is 0 Å². The first kappa shape index (κ1) is 44.9. The van der Waals surface area contributed by atoms with Crippen LogP contribution in [0.15, 0.2) is 42.9 Å². The molecule has 1 atom stereocenters. The molecule has 0 radical (unpaired) electrons. The molecule has 0 bridgehead atoms. The van der Waals surface area contributed by atoms with Crippen LogP contribution in [-0.2, 0) is 19.1 Å². The van der Waals surface area contributed by atoms with Gasteiger partial charge in [-0.1, -0.05) is 6.07 Å². The Labute approximate surface area is 386 Å². The zero-order valence-electron chi connectivity index (χ0n) is 37.4. The number of carbonyl (C=O) groups excluding carboxylic acids is 5. The van der Waals surface area contributed by atoms with E-state index in [1.807, 2.05) is 6.07 Å². The van der Waals surface area contributed by atoms with Crippen LogP contribution < -0.4 is 20.9 Å². The normalized spacial score (nSPS) is 25.5. The summed E-state index contributed by atoms with van der Waals surface area (Å²) < 4.78 is 43.8. The summed E-state index contributed by atoms with van der Waals surface area (Å²) in [6.07, 6.45) is 11.9. The van der Waals surface area contributed by atoms with Crippen molar-refractivity contribution in [2.24, 2.45) is 11.8 Å². The summed E-state index contributed by atoms with van der Waals surface area (Å²) >= 11 is 0. The van der Waals surface area contributed by atoms with Gasteiger partial charge in [0.25, 0.3) is 24.1 Å². The molecule has 2 aliphatic carbocycles. The molecule has 356 valence electrons. The van der Waals surface area contributed by atoms with Gasteiger partial charge in [-0.2, -0.15) is 10.2 Å². The number of morpholine rings is 1. The number of nitrogens with one attached hydrogen (secondary N) is 3. The lowest BCUT2D eigenvalue weighted by atomic mass is 9.85. The molecule has 3 aromatic heterocycles. The Morgan fingerprint density at radius 3 is 2.36 bits per heavy atom. The minimum absolute atomic E-state index is 0.00650. The van der Waals surface area contributed by atoms with Crippen molar-refractivity contribution in [3.05, 3.63) is 65.2 Å². The third-order valence-corrected chi connectivity index (χ3v) is 14.6. The number of imide groups is 2. The highest BCUT2D eigenvalue weighted by Gasteiger charge is 2.46. The minimum atomic E-state index is -2.86. The van der Waals surface area contributed by atoms with E-state index in [0.717, 1.165) is 88.7 Å². The van der Waals surface area contributed by atoms with Gasteiger partial charge in [-0.05, 0) is 101 Å². The maximum absolute atomic E-state index is 14.3. The lowest BCUT2D eigenvalue weighted by Crippen LogP contribution is -2.54. The van der Waals surface area contributed by atoms with E-state index < -0.39 is 47.7 Å². The summed E-state index contributed by atoms with van der Waals surface area (Å²) in [4.78, 5) is 74.7. The molecule has 5 amide bonds. The highest BCUT2D eigenvalue weighted by Crippen LogP contribution is 2.37. The molecule has 67 heavy (non-hydrogen) atoms. The molecule has 20 heteroatoms. The third-order valence-electron chi connectivity index (χ3n) is 14.6. The fraction of sp³-hybridized carbons (Fsp3) is 0.574. The van der Waals surface area contributed by atoms with Gasteiger partial charge in [0.1, 0.15) is 17.4 Å². The maximum atomic E-state index is 14.3. The fourth-order valence-corrected chi connectivity index (χ4v) is 10.9. The number of alkyl halides is 2. The Morgan fingerprint density at radius 1 is 0.866 bits per heavy atom. The van der Waals surface area contributed by atoms with Crippen LogP contribution in [0.2, 0.25) is 0 Å². The summed E-state index contributed by atoms with van der Waals surface area (Å²) in [6, 6.07) is 5.94. The topological polar surface area (TPSA) is 198 Å². The third kappa shape index (κ3) is 9.52. The molecular formula is C47H57F2N11O7. The van der Waals surface area contributed by atoms with Crippen molar-refractivity contribution < 1.29 is 42.2 Å². The number of amides is 5. The van der Waals surface area contributed by atoms with Gasteiger partial charge >= 0.3 is 0 Å². The Hall–Kier alpha value is -5.86. The number of hydrogen-bond acceptors (Lipinski definition) is 13. The molecule has 3 N–H and O–H groups in total. The Kier molecular flexibility index (Phi) is 13.0. The number of piperidine rings is 2. The van der Waals surface area contributed by atoms with E-state index in [1.54, 1.807) is 35.3 Å². The number of aromatic nitrogens is 5. The molecule has 4 aliphatic heterocycles. The van der Waals surface area contributed by atoms with Crippen molar-refractivity contribution in [3.8, 4) is 0 Å². The predicted molar refractivity (Wildman–Crippen MR) is 240 cm³/mol. The molecule has 1 unspecified atom stereocenters. The molecule has 4 aromatic rings. The molecular weight excluding hydrogens is 869 g/mol. The smallest absolute Gasteiger partial charge is 0.284 e. The second-order valence-corrected chi connectivity index (χ2v) is 18.9. The average Bonchev–Trinajstić information content (AvgIpc) is 4.04. The monoisotopic (exact) mass is 925 g/mol. The van der Waals surface area contributed by atoms with Crippen molar-refractivity contribution in [1.29, 1.82) is 0 Å². The number of halogens is 2. The van der Waals surface area contributed by atoms with Crippen molar-refractivity contribution in [3.63, 3.8) is 0 Å². The van der Waals surface area contributed by atoms with Gasteiger partial charge in [-0.25, -0.2) is 18.3 Å². The molecule has 10 rings (SSSR count). The van der Waals surface area contributed by atoms with Gasteiger partial charge in [0, 0.05) is 63.8 Å². The number of rotatable bonds is 13. The van der Waals surface area contributed by atoms with Crippen LogP contribution in [0, 0.1) is 11.8 Å². The number of fused-ring (bicyclic) bond motifs is 2. The minimum Gasteiger partial charge on any atom is -0.384 e. The predicted octanol–water partition coefficient (Wildman–Crippen LogP) is 5.24. The van der Waals surface area contributed by atoms with Gasteiger partial charge in [-0.15, -0.1) is 0 Å². The van der Waals surface area contributed by atoms with Crippen molar-refractivity contribution in [2.75, 3.05) is 68.0 Å². The lowest BCUT2D eigenvalue weighted by molar-refractivity contribution is -0.136.